The number of thioether (sulfide) groups is 1. The van der Waals surface area contributed by atoms with E-state index in [1.165, 1.54) is 23.1 Å². The Balaban J connectivity index is 1.85. The molecule has 1 heterocycles. The Morgan fingerprint density at radius 1 is 1.56 bits per heavy atom. The summed E-state index contributed by atoms with van der Waals surface area (Å²) < 4.78 is 1.02. The van der Waals surface area contributed by atoms with Crippen molar-refractivity contribution in [3.8, 4) is 0 Å². The second-order valence-electron chi connectivity index (χ2n) is 3.59. The van der Waals surface area contributed by atoms with Gasteiger partial charge in [0.2, 0.25) is 5.91 Å². The fourth-order valence-electron chi connectivity index (χ4n) is 1.27. The van der Waals surface area contributed by atoms with Crippen LogP contribution >= 0.6 is 39.0 Å². The minimum Gasteiger partial charge on any atom is -0.301 e. The Morgan fingerprint density at radius 2 is 2.39 bits per heavy atom. The summed E-state index contributed by atoms with van der Waals surface area (Å²) in [5.74, 6) is 0.351. The van der Waals surface area contributed by atoms with Gasteiger partial charge in [-0.25, -0.2) is 4.98 Å². The minimum absolute atomic E-state index is 0.0330. The molecule has 1 aromatic heterocycles. The molecule has 0 radical (unpaired) electrons. The van der Waals surface area contributed by atoms with E-state index in [4.69, 9.17) is 0 Å². The maximum Gasteiger partial charge on any atom is 0.236 e. The Kier molecular flexibility index (Phi) is 4.79. The molecule has 0 aliphatic carbocycles. The molecule has 0 atom stereocenters. The van der Waals surface area contributed by atoms with Gasteiger partial charge < -0.3 is 5.32 Å². The van der Waals surface area contributed by atoms with Crippen LogP contribution in [-0.4, -0.2) is 16.6 Å². The van der Waals surface area contributed by atoms with E-state index >= 15 is 0 Å². The number of nitrogens with zero attached hydrogens (tertiary/aromatic N) is 1. The lowest BCUT2D eigenvalue weighted by atomic mass is 10.4. The molecule has 0 spiro atoms. The molecule has 0 unspecified atom stereocenters. The van der Waals surface area contributed by atoms with E-state index in [9.17, 15) is 4.79 Å². The van der Waals surface area contributed by atoms with Crippen LogP contribution in [0.2, 0.25) is 0 Å². The van der Waals surface area contributed by atoms with Crippen LogP contribution in [0.15, 0.2) is 39.0 Å². The van der Waals surface area contributed by atoms with Crippen molar-refractivity contribution in [1.29, 1.82) is 0 Å². The number of amides is 1. The maximum absolute atomic E-state index is 11.7. The second kappa shape index (κ2) is 6.36. The smallest absolute Gasteiger partial charge is 0.236 e. The summed E-state index contributed by atoms with van der Waals surface area (Å²) >= 11 is 6.35. The summed E-state index contributed by atoms with van der Waals surface area (Å²) in [6.45, 7) is 1.91. The number of anilines is 1. The quantitative estimate of drug-likeness (QED) is 0.855. The molecule has 0 saturated carbocycles. The summed E-state index contributed by atoms with van der Waals surface area (Å²) in [7, 11) is 0. The van der Waals surface area contributed by atoms with Crippen molar-refractivity contribution in [3.63, 3.8) is 0 Å². The average molecular weight is 343 g/mol. The van der Waals surface area contributed by atoms with Gasteiger partial charge in [-0.05, 0) is 25.1 Å². The van der Waals surface area contributed by atoms with Crippen LogP contribution in [0.25, 0.3) is 0 Å². The topological polar surface area (TPSA) is 42.0 Å². The number of rotatable bonds is 4. The zero-order valence-electron chi connectivity index (χ0n) is 9.64. The number of carbonyl (C=O) groups excluding carboxylic acids is 1. The molecule has 1 aromatic carbocycles. The van der Waals surface area contributed by atoms with Crippen molar-refractivity contribution in [2.45, 2.75) is 11.8 Å². The van der Waals surface area contributed by atoms with Crippen LogP contribution < -0.4 is 5.32 Å². The Morgan fingerprint density at radius 3 is 3.06 bits per heavy atom. The zero-order valence-corrected chi connectivity index (χ0v) is 12.9. The maximum atomic E-state index is 11.7. The lowest BCUT2D eigenvalue weighted by Gasteiger charge is -2.02. The van der Waals surface area contributed by atoms with Crippen LogP contribution in [-0.2, 0) is 4.79 Å². The monoisotopic (exact) mass is 342 g/mol. The first-order valence-electron chi connectivity index (χ1n) is 5.24. The first kappa shape index (κ1) is 13.6. The van der Waals surface area contributed by atoms with Gasteiger partial charge >= 0.3 is 0 Å². The summed E-state index contributed by atoms with van der Waals surface area (Å²) in [6, 6.07) is 7.89. The first-order chi connectivity index (χ1) is 8.63. The summed E-state index contributed by atoms with van der Waals surface area (Å²) in [5, 5.41) is 5.36. The number of hydrogen-bond acceptors (Lipinski definition) is 4. The predicted molar refractivity (Wildman–Crippen MR) is 80.3 cm³/mol. The number of thiazole rings is 1. The van der Waals surface area contributed by atoms with E-state index in [1.807, 2.05) is 36.6 Å². The van der Waals surface area contributed by atoms with E-state index < -0.39 is 0 Å². The molecule has 2 aromatic rings. The van der Waals surface area contributed by atoms with E-state index in [0.29, 0.717) is 10.9 Å². The van der Waals surface area contributed by atoms with Gasteiger partial charge in [-0.1, -0.05) is 22.0 Å². The molecule has 0 saturated heterocycles. The fourth-order valence-corrected chi connectivity index (χ4v) is 3.28. The van der Waals surface area contributed by atoms with Crippen LogP contribution in [0.4, 0.5) is 5.13 Å². The average Bonchev–Trinajstić information content (AvgIpc) is 2.72. The highest BCUT2D eigenvalue weighted by atomic mass is 79.9. The highest BCUT2D eigenvalue weighted by Gasteiger charge is 2.06. The molecule has 0 aliphatic heterocycles. The lowest BCUT2D eigenvalue weighted by molar-refractivity contribution is -0.113. The summed E-state index contributed by atoms with van der Waals surface area (Å²) in [4.78, 5) is 17.0. The molecule has 94 valence electrons. The molecule has 0 fully saturated rings. The first-order valence-corrected chi connectivity index (χ1v) is 7.89. The molecule has 1 N–H and O–H groups in total. The van der Waals surface area contributed by atoms with E-state index in [0.717, 1.165) is 15.1 Å². The molecule has 18 heavy (non-hydrogen) atoms. The number of aromatic nitrogens is 1. The van der Waals surface area contributed by atoms with Gasteiger partial charge in [0.1, 0.15) is 0 Å². The second-order valence-corrected chi connectivity index (χ2v) is 6.41. The van der Waals surface area contributed by atoms with Gasteiger partial charge in [0.15, 0.2) is 5.13 Å². The third-order valence-electron chi connectivity index (χ3n) is 2.03. The summed E-state index contributed by atoms with van der Waals surface area (Å²) in [5.41, 5.74) is 0.926. The van der Waals surface area contributed by atoms with Gasteiger partial charge in [-0.15, -0.1) is 23.1 Å². The largest absolute Gasteiger partial charge is 0.301 e. The van der Waals surface area contributed by atoms with Crippen molar-refractivity contribution in [3.05, 3.63) is 39.8 Å². The Hall–Kier alpha value is -0.850. The SMILES string of the molecule is Cc1csc(NC(=O)CSc2cccc(Br)c2)n1. The number of nitrogens with one attached hydrogen (secondary N) is 1. The molecule has 3 nitrogen and oxygen atoms in total. The van der Waals surface area contributed by atoms with Gasteiger partial charge in [0.05, 0.1) is 11.4 Å². The van der Waals surface area contributed by atoms with Crippen molar-refractivity contribution >= 4 is 50.1 Å². The third-order valence-corrected chi connectivity index (χ3v) is 4.39. The highest BCUT2D eigenvalue weighted by molar-refractivity contribution is 9.10. The van der Waals surface area contributed by atoms with Crippen molar-refractivity contribution < 1.29 is 4.79 Å². The van der Waals surface area contributed by atoms with Crippen LogP contribution in [0.5, 0.6) is 0 Å². The molecular formula is C12H11BrN2OS2. The molecular weight excluding hydrogens is 332 g/mol. The van der Waals surface area contributed by atoms with Crippen molar-refractivity contribution in [2.75, 3.05) is 11.1 Å². The Labute approximate surface area is 122 Å². The highest BCUT2D eigenvalue weighted by Crippen LogP contribution is 2.22. The standard InChI is InChI=1S/C12H11BrN2OS2/c1-8-6-18-12(14-8)15-11(16)7-17-10-4-2-3-9(13)5-10/h2-6H,7H2,1H3,(H,14,15,16). The van der Waals surface area contributed by atoms with E-state index in [2.05, 4.69) is 26.2 Å². The van der Waals surface area contributed by atoms with E-state index in [-0.39, 0.29) is 5.91 Å². The number of benzene rings is 1. The number of aryl methyl sites for hydroxylation is 1. The van der Waals surface area contributed by atoms with Gasteiger partial charge in [0.25, 0.3) is 0 Å². The summed E-state index contributed by atoms with van der Waals surface area (Å²) in [6.07, 6.45) is 0. The fraction of sp³-hybridized carbons (Fsp3) is 0.167. The van der Waals surface area contributed by atoms with Gasteiger partial charge in [-0.2, -0.15) is 0 Å². The van der Waals surface area contributed by atoms with Crippen LogP contribution in [0.3, 0.4) is 0 Å². The number of hydrogen-bond donors (Lipinski definition) is 1. The minimum atomic E-state index is -0.0330. The third kappa shape index (κ3) is 4.12. The number of carbonyl (C=O) groups is 1. The van der Waals surface area contributed by atoms with Crippen LogP contribution in [0.1, 0.15) is 5.69 Å². The Bertz CT molecular complexity index is 557. The zero-order chi connectivity index (χ0) is 13.0. The van der Waals surface area contributed by atoms with Gasteiger partial charge in [-0.3, -0.25) is 4.79 Å². The molecule has 1 amide bonds. The molecule has 0 bridgehead atoms. The van der Waals surface area contributed by atoms with Gasteiger partial charge in [0, 0.05) is 14.7 Å². The van der Waals surface area contributed by atoms with Crippen molar-refractivity contribution in [2.24, 2.45) is 0 Å². The molecule has 0 aliphatic rings. The van der Waals surface area contributed by atoms with Crippen molar-refractivity contribution in [1.82, 2.24) is 4.98 Å². The molecule has 2 rings (SSSR count). The number of halogens is 1. The molecule has 6 heteroatoms. The van der Waals surface area contributed by atoms with Crippen LogP contribution in [0, 0.1) is 6.92 Å². The normalized spacial score (nSPS) is 10.3. The predicted octanol–water partition coefficient (Wildman–Crippen LogP) is 3.94. The lowest BCUT2D eigenvalue weighted by Crippen LogP contribution is -2.13. The van der Waals surface area contributed by atoms with E-state index in [1.54, 1.807) is 0 Å².